The number of nitrogens with zero attached hydrogens (tertiary/aromatic N) is 1. The molecular weight excluding hydrogens is 272 g/mol. The Kier molecular flexibility index (Phi) is 5.05. The van der Waals surface area contributed by atoms with E-state index in [2.05, 4.69) is 15.6 Å². The molecule has 1 rings (SSSR count). The molecule has 1 heterocycles. The fourth-order valence-corrected chi connectivity index (χ4v) is 1.78. The third-order valence-corrected chi connectivity index (χ3v) is 2.76. The van der Waals surface area contributed by atoms with Gasteiger partial charge in [0, 0.05) is 11.2 Å². The van der Waals surface area contributed by atoms with Crippen LogP contribution in [0.1, 0.15) is 39.0 Å². The largest absolute Gasteiger partial charge is 0.389 e. The Morgan fingerprint density at radius 1 is 1.40 bits per heavy atom. The summed E-state index contributed by atoms with van der Waals surface area (Å²) in [7, 11) is 0. The predicted octanol–water partition coefficient (Wildman–Crippen LogP) is 1.74. The maximum atomic E-state index is 12.1. The highest BCUT2D eigenvalue weighted by Gasteiger charge is 2.20. The molecule has 0 radical (unpaired) electrons. The van der Waals surface area contributed by atoms with E-state index in [1.165, 1.54) is 0 Å². The van der Waals surface area contributed by atoms with Crippen LogP contribution in [0.3, 0.4) is 0 Å². The van der Waals surface area contributed by atoms with E-state index >= 15 is 0 Å². The lowest BCUT2D eigenvalue weighted by atomic mass is 10.1. The molecule has 0 aliphatic heterocycles. The summed E-state index contributed by atoms with van der Waals surface area (Å²) in [6, 6.07) is 3.21. The van der Waals surface area contributed by atoms with Gasteiger partial charge in [-0.2, -0.15) is 0 Å². The van der Waals surface area contributed by atoms with Gasteiger partial charge in [0.2, 0.25) is 5.91 Å². The summed E-state index contributed by atoms with van der Waals surface area (Å²) in [5.41, 5.74) is 6.86. The average Bonchev–Trinajstić information content (AvgIpc) is 2.26. The average molecular weight is 294 g/mol. The minimum atomic E-state index is -0.434. The second-order valence-corrected chi connectivity index (χ2v) is 6.26. The van der Waals surface area contributed by atoms with Crippen LogP contribution in [-0.4, -0.2) is 27.5 Å². The molecule has 0 aliphatic carbocycles. The second-order valence-electron chi connectivity index (χ2n) is 5.82. The highest BCUT2D eigenvalue weighted by Crippen LogP contribution is 2.15. The lowest BCUT2D eigenvalue weighted by Gasteiger charge is -2.24. The Morgan fingerprint density at radius 3 is 2.50 bits per heavy atom. The fourth-order valence-electron chi connectivity index (χ4n) is 1.61. The molecule has 1 atom stereocenters. The molecule has 6 heteroatoms. The Morgan fingerprint density at radius 2 is 2.00 bits per heavy atom. The van der Waals surface area contributed by atoms with E-state index in [1.54, 1.807) is 13.0 Å². The van der Waals surface area contributed by atoms with Gasteiger partial charge in [-0.25, -0.2) is 4.98 Å². The zero-order chi connectivity index (χ0) is 15.5. The molecule has 0 aliphatic rings. The quantitative estimate of drug-likeness (QED) is 0.737. The van der Waals surface area contributed by atoms with Gasteiger partial charge in [0.1, 0.15) is 16.8 Å². The van der Waals surface area contributed by atoms with Crippen molar-refractivity contribution in [1.82, 2.24) is 10.3 Å². The van der Waals surface area contributed by atoms with Crippen molar-refractivity contribution in [3.8, 4) is 0 Å². The first-order chi connectivity index (χ1) is 9.10. The van der Waals surface area contributed by atoms with Crippen LogP contribution in [-0.2, 0) is 4.79 Å². The zero-order valence-corrected chi connectivity index (χ0v) is 13.4. The number of nitrogens with two attached hydrogens (primary N) is 1. The lowest BCUT2D eigenvalue weighted by molar-refractivity contribution is -0.122. The molecule has 110 valence electrons. The summed E-state index contributed by atoms with van der Waals surface area (Å²) in [5.74, 6) is 0.434. The van der Waals surface area contributed by atoms with Crippen molar-refractivity contribution >= 4 is 28.9 Å². The first kappa shape index (κ1) is 16.4. The van der Waals surface area contributed by atoms with Gasteiger partial charge in [0.25, 0.3) is 0 Å². The molecule has 0 fully saturated rings. The number of carbonyl (C=O) groups excluding carboxylic acids is 1. The number of nitrogens with one attached hydrogen (secondary N) is 2. The van der Waals surface area contributed by atoms with Crippen molar-refractivity contribution in [3.63, 3.8) is 0 Å². The number of aryl methyl sites for hydroxylation is 1. The van der Waals surface area contributed by atoms with Gasteiger partial charge in [-0.1, -0.05) is 12.2 Å². The van der Waals surface area contributed by atoms with Gasteiger partial charge in [0.05, 0.1) is 5.56 Å². The standard InChI is InChI=1S/C14H22N4OS/c1-8-6-7-10(11(15)20)12(16-8)17-9(2)13(19)18-14(3,4)5/h6-7,9H,1-5H3,(H2,15,20)(H,16,17)(H,18,19). The highest BCUT2D eigenvalue weighted by molar-refractivity contribution is 7.80. The van der Waals surface area contributed by atoms with E-state index in [-0.39, 0.29) is 16.4 Å². The summed E-state index contributed by atoms with van der Waals surface area (Å²) in [5, 5.41) is 5.97. The number of thiocarbonyl (C=S) groups is 1. The van der Waals surface area contributed by atoms with E-state index in [0.717, 1.165) is 5.69 Å². The third-order valence-electron chi connectivity index (χ3n) is 2.54. The van der Waals surface area contributed by atoms with Crippen molar-refractivity contribution in [3.05, 3.63) is 23.4 Å². The van der Waals surface area contributed by atoms with Crippen LogP contribution < -0.4 is 16.4 Å². The second kappa shape index (κ2) is 6.17. The van der Waals surface area contributed by atoms with E-state index in [1.807, 2.05) is 33.8 Å². The summed E-state index contributed by atoms with van der Waals surface area (Å²) < 4.78 is 0. The summed E-state index contributed by atoms with van der Waals surface area (Å²) in [6.07, 6.45) is 0. The van der Waals surface area contributed by atoms with Crippen LogP contribution in [0, 0.1) is 6.92 Å². The molecule has 1 amide bonds. The van der Waals surface area contributed by atoms with Crippen LogP contribution in [0.4, 0.5) is 5.82 Å². The van der Waals surface area contributed by atoms with Crippen molar-refractivity contribution in [2.45, 2.75) is 46.2 Å². The number of anilines is 1. The van der Waals surface area contributed by atoms with Crippen molar-refractivity contribution in [2.75, 3.05) is 5.32 Å². The van der Waals surface area contributed by atoms with Crippen LogP contribution in [0.25, 0.3) is 0 Å². The Balaban J connectivity index is 2.90. The Hall–Kier alpha value is -1.69. The van der Waals surface area contributed by atoms with Crippen LogP contribution in [0.2, 0.25) is 0 Å². The Labute approximate surface area is 125 Å². The molecule has 0 spiro atoms. The molecule has 0 saturated heterocycles. The number of rotatable bonds is 4. The van der Waals surface area contributed by atoms with Gasteiger partial charge in [-0.15, -0.1) is 0 Å². The zero-order valence-electron chi connectivity index (χ0n) is 12.6. The normalized spacial score (nSPS) is 12.7. The maximum Gasteiger partial charge on any atom is 0.242 e. The number of hydrogen-bond donors (Lipinski definition) is 3. The van der Waals surface area contributed by atoms with Crippen molar-refractivity contribution in [2.24, 2.45) is 5.73 Å². The maximum absolute atomic E-state index is 12.1. The van der Waals surface area contributed by atoms with E-state index in [9.17, 15) is 4.79 Å². The Bertz CT molecular complexity index is 522. The molecule has 1 aromatic rings. The highest BCUT2D eigenvalue weighted by atomic mass is 32.1. The fraction of sp³-hybridized carbons (Fsp3) is 0.500. The van der Waals surface area contributed by atoms with E-state index in [4.69, 9.17) is 18.0 Å². The SMILES string of the molecule is Cc1ccc(C(N)=S)c(NC(C)C(=O)NC(C)(C)C)n1. The minimum Gasteiger partial charge on any atom is -0.389 e. The minimum absolute atomic E-state index is 0.102. The molecule has 0 aromatic carbocycles. The molecular formula is C14H22N4OS. The summed E-state index contributed by atoms with van der Waals surface area (Å²) >= 11 is 5.00. The van der Waals surface area contributed by atoms with Gasteiger partial charge < -0.3 is 16.4 Å². The first-order valence-corrected chi connectivity index (χ1v) is 6.87. The van der Waals surface area contributed by atoms with Gasteiger partial charge in [0.15, 0.2) is 0 Å². The lowest BCUT2D eigenvalue weighted by Crippen LogP contribution is -2.47. The van der Waals surface area contributed by atoms with Crippen LogP contribution in [0.5, 0.6) is 0 Å². The van der Waals surface area contributed by atoms with Gasteiger partial charge in [-0.05, 0) is 46.8 Å². The number of hydrogen-bond acceptors (Lipinski definition) is 4. The smallest absolute Gasteiger partial charge is 0.242 e. The number of carbonyl (C=O) groups is 1. The molecule has 1 unspecified atom stereocenters. The topological polar surface area (TPSA) is 80.0 Å². The van der Waals surface area contributed by atoms with Crippen molar-refractivity contribution in [1.29, 1.82) is 0 Å². The monoisotopic (exact) mass is 294 g/mol. The molecule has 1 aromatic heterocycles. The third kappa shape index (κ3) is 4.77. The van der Waals surface area contributed by atoms with Crippen molar-refractivity contribution < 1.29 is 4.79 Å². The first-order valence-electron chi connectivity index (χ1n) is 6.46. The number of pyridine rings is 1. The summed E-state index contributed by atoms with van der Waals surface area (Å²) in [6.45, 7) is 9.44. The van der Waals surface area contributed by atoms with Crippen LogP contribution in [0.15, 0.2) is 12.1 Å². The van der Waals surface area contributed by atoms with Gasteiger partial charge in [-0.3, -0.25) is 4.79 Å². The molecule has 4 N–H and O–H groups in total. The van der Waals surface area contributed by atoms with Crippen LogP contribution >= 0.6 is 12.2 Å². The number of amides is 1. The molecule has 20 heavy (non-hydrogen) atoms. The molecule has 0 saturated carbocycles. The predicted molar refractivity (Wildman–Crippen MR) is 85.8 cm³/mol. The van der Waals surface area contributed by atoms with E-state index in [0.29, 0.717) is 11.4 Å². The number of aromatic nitrogens is 1. The molecule has 5 nitrogen and oxygen atoms in total. The van der Waals surface area contributed by atoms with E-state index < -0.39 is 6.04 Å². The van der Waals surface area contributed by atoms with Gasteiger partial charge >= 0.3 is 0 Å². The molecule has 0 bridgehead atoms. The summed E-state index contributed by atoms with van der Waals surface area (Å²) in [4.78, 5) is 16.7.